The quantitative estimate of drug-likeness (QED) is 0.520. The summed E-state index contributed by atoms with van der Waals surface area (Å²) in [6.45, 7) is 3.81. The summed E-state index contributed by atoms with van der Waals surface area (Å²) in [7, 11) is 0. The third kappa shape index (κ3) is 5.70. The van der Waals surface area contributed by atoms with Crippen LogP contribution >= 0.6 is 11.8 Å². The Hall–Kier alpha value is -0.770. The lowest BCUT2D eigenvalue weighted by atomic mass is 10.2. The molecule has 2 nitrogen and oxygen atoms in total. The number of rotatable bonds is 7. The molecule has 1 unspecified atom stereocenters. The van der Waals surface area contributed by atoms with Crippen molar-refractivity contribution in [2.24, 2.45) is 0 Å². The highest BCUT2D eigenvalue weighted by Gasteiger charge is 2.13. The zero-order valence-corrected chi connectivity index (χ0v) is 13.0. The summed E-state index contributed by atoms with van der Waals surface area (Å²) < 4.78 is 11.3. The smallest absolute Gasteiger partial charge is 0.157 e. The predicted molar refractivity (Wildman–Crippen MR) is 84.8 cm³/mol. The standard InChI is InChI=1S/C17H24O2S/c1-2-15(20-16-9-4-3-5-10-16)11-8-14-19-17-12-6-7-13-18-17/h3-5,9-11,17H,2,6-8,12-14H2,1H3/b15-11-. The number of ether oxygens (including phenoxy) is 2. The minimum atomic E-state index is 0.0315. The molecule has 1 aliphatic heterocycles. The summed E-state index contributed by atoms with van der Waals surface area (Å²) in [5, 5.41) is 0. The van der Waals surface area contributed by atoms with Crippen LogP contribution in [0.1, 0.15) is 39.0 Å². The molecule has 0 aliphatic carbocycles. The maximum Gasteiger partial charge on any atom is 0.157 e. The van der Waals surface area contributed by atoms with Crippen LogP contribution in [0.15, 0.2) is 46.2 Å². The third-order valence-electron chi connectivity index (χ3n) is 3.27. The zero-order valence-electron chi connectivity index (χ0n) is 12.2. The molecule has 3 heteroatoms. The Morgan fingerprint density at radius 2 is 2.20 bits per heavy atom. The van der Waals surface area contributed by atoms with Crippen molar-refractivity contribution in [1.82, 2.24) is 0 Å². The number of thioether (sulfide) groups is 1. The third-order valence-corrected chi connectivity index (χ3v) is 4.50. The fourth-order valence-corrected chi connectivity index (χ4v) is 3.10. The molecule has 0 spiro atoms. The first kappa shape index (κ1) is 15.6. The van der Waals surface area contributed by atoms with Crippen LogP contribution in [-0.2, 0) is 9.47 Å². The maximum absolute atomic E-state index is 5.75. The summed E-state index contributed by atoms with van der Waals surface area (Å²) in [6.07, 6.45) is 7.80. The van der Waals surface area contributed by atoms with Crippen molar-refractivity contribution in [2.75, 3.05) is 13.2 Å². The van der Waals surface area contributed by atoms with Crippen LogP contribution < -0.4 is 0 Å². The molecule has 20 heavy (non-hydrogen) atoms. The van der Waals surface area contributed by atoms with Gasteiger partial charge in [0.25, 0.3) is 0 Å². The molecule has 1 atom stereocenters. The van der Waals surface area contributed by atoms with E-state index in [4.69, 9.17) is 9.47 Å². The van der Waals surface area contributed by atoms with Gasteiger partial charge in [-0.2, -0.15) is 0 Å². The summed E-state index contributed by atoms with van der Waals surface area (Å²) >= 11 is 1.85. The van der Waals surface area contributed by atoms with Gasteiger partial charge >= 0.3 is 0 Å². The second-order valence-corrected chi connectivity index (χ2v) is 6.09. The largest absolute Gasteiger partial charge is 0.353 e. The van der Waals surface area contributed by atoms with Crippen molar-refractivity contribution < 1.29 is 9.47 Å². The van der Waals surface area contributed by atoms with E-state index in [-0.39, 0.29) is 6.29 Å². The van der Waals surface area contributed by atoms with Crippen molar-refractivity contribution in [3.63, 3.8) is 0 Å². The highest BCUT2D eigenvalue weighted by atomic mass is 32.2. The van der Waals surface area contributed by atoms with E-state index in [1.54, 1.807) is 0 Å². The minimum absolute atomic E-state index is 0.0315. The molecule has 0 bridgehead atoms. The van der Waals surface area contributed by atoms with Crippen LogP contribution in [-0.4, -0.2) is 19.5 Å². The molecular formula is C17H24O2S. The van der Waals surface area contributed by atoms with Gasteiger partial charge in [-0.1, -0.05) is 43.0 Å². The normalized spacial score (nSPS) is 20.1. The molecule has 110 valence electrons. The van der Waals surface area contributed by atoms with Gasteiger partial charge in [0.05, 0.1) is 6.61 Å². The van der Waals surface area contributed by atoms with Crippen LogP contribution in [0, 0.1) is 0 Å². The van der Waals surface area contributed by atoms with E-state index in [1.807, 2.05) is 11.8 Å². The summed E-state index contributed by atoms with van der Waals surface area (Å²) in [5.74, 6) is 0. The summed E-state index contributed by atoms with van der Waals surface area (Å²) in [6, 6.07) is 10.5. The minimum Gasteiger partial charge on any atom is -0.353 e. The van der Waals surface area contributed by atoms with Gasteiger partial charge < -0.3 is 9.47 Å². The number of benzene rings is 1. The Labute approximate surface area is 126 Å². The first-order valence-corrected chi connectivity index (χ1v) is 8.35. The molecule has 2 rings (SSSR count). The second-order valence-electron chi connectivity index (χ2n) is 4.89. The van der Waals surface area contributed by atoms with E-state index >= 15 is 0 Å². The van der Waals surface area contributed by atoms with Crippen molar-refractivity contribution in [1.29, 1.82) is 0 Å². The van der Waals surface area contributed by atoms with E-state index in [0.717, 1.165) is 32.5 Å². The van der Waals surface area contributed by atoms with Gasteiger partial charge in [0.1, 0.15) is 0 Å². The monoisotopic (exact) mass is 292 g/mol. The number of hydrogen-bond acceptors (Lipinski definition) is 3. The van der Waals surface area contributed by atoms with Gasteiger partial charge in [-0.05, 0) is 49.1 Å². The van der Waals surface area contributed by atoms with Crippen molar-refractivity contribution in [2.45, 2.75) is 50.2 Å². The topological polar surface area (TPSA) is 18.5 Å². The molecule has 0 aromatic heterocycles. The van der Waals surface area contributed by atoms with Gasteiger partial charge in [0.2, 0.25) is 0 Å². The van der Waals surface area contributed by atoms with E-state index < -0.39 is 0 Å². The Kier molecular flexibility index (Phi) is 7.20. The van der Waals surface area contributed by atoms with Gasteiger partial charge in [0.15, 0.2) is 6.29 Å². The Balaban J connectivity index is 1.70. The lowest BCUT2D eigenvalue weighted by Gasteiger charge is -2.22. The first-order chi connectivity index (χ1) is 9.88. The Morgan fingerprint density at radius 1 is 1.35 bits per heavy atom. The Morgan fingerprint density at radius 3 is 2.90 bits per heavy atom. The van der Waals surface area contributed by atoms with E-state index in [9.17, 15) is 0 Å². The van der Waals surface area contributed by atoms with Crippen LogP contribution in [0.3, 0.4) is 0 Å². The molecule has 1 saturated heterocycles. The van der Waals surface area contributed by atoms with Crippen LogP contribution in [0.4, 0.5) is 0 Å². The van der Waals surface area contributed by atoms with Crippen molar-refractivity contribution in [3.8, 4) is 0 Å². The summed E-state index contributed by atoms with van der Waals surface area (Å²) in [5.41, 5.74) is 0. The molecule has 1 aliphatic rings. The lowest BCUT2D eigenvalue weighted by Crippen LogP contribution is -2.22. The number of hydrogen-bond donors (Lipinski definition) is 0. The van der Waals surface area contributed by atoms with Crippen molar-refractivity contribution in [3.05, 3.63) is 41.3 Å². The number of allylic oxidation sites excluding steroid dienone is 1. The fourth-order valence-electron chi connectivity index (χ4n) is 2.16. The van der Waals surface area contributed by atoms with E-state index in [2.05, 4.69) is 43.3 Å². The van der Waals surface area contributed by atoms with E-state index in [1.165, 1.54) is 22.6 Å². The van der Waals surface area contributed by atoms with Crippen LogP contribution in [0.5, 0.6) is 0 Å². The van der Waals surface area contributed by atoms with Gasteiger partial charge in [0, 0.05) is 11.5 Å². The SMILES string of the molecule is CC/C(=C/CCOC1CCCCO1)Sc1ccccc1. The lowest BCUT2D eigenvalue weighted by molar-refractivity contribution is -0.161. The molecule has 0 saturated carbocycles. The fraction of sp³-hybridized carbons (Fsp3) is 0.529. The zero-order chi connectivity index (χ0) is 14.0. The first-order valence-electron chi connectivity index (χ1n) is 7.53. The molecule has 1 aromatic carbocycles. The molecule has 1 aromatic rings. The second kappa shape index (κ2) is 9.22. The molecule has 0 amide bonds. The average Bonchev–Trinajstić information content (AvgIpc) is 2.52. The molecule has 1 fully saturated rings. The molecular weight excluding hydrogens is 268 g/mol. The highest BCUT2D eigenvalue weighted by Crippen LogP contribution is 2.28. The predicted octanol–water partition coefficient (Wildman–Crippen LogP) is 5.01. The van der Waals surface area contributed by atoms with Crippen LogP contribution in [0.25, 0.3) is 0 Å². The highest BCUT2D eigenvalue weighted by molar-refractivity contribution is 8.03. The van der Waals surface area contributed by atoms with Crippen LogP contribution in [0.2, 0.25) is 0 Å². The molecule has 1 heterocycles. The molecule has 0 N–H and O–H groups in total. The molecule has 0 radical (unpaired) electrons. The maximum atomic E-state index is 5.75. The van der Waals surface area contributed by atoms with Gasteiger partial charge in [-0.15, -0.1) is 0 Å². The summed E-state index contributed by atoms with van der Waals surface area (Å²) in [4.78, 5) is 2.71. The van der Waals surface area contributed by atoms with Gasteiger partial charge in [-0.25, -0.2) is 0 Å². The average molecular weight is 292 g/mol. The Bertz CT molecular complexity index is 397. The van der Waals surface area contributed by atoms with Crippen molar-refractivity contribution >= 4 is 11.8 Å². The van der Waals surface area contributed by atoms with E-state index in [0.29, 0.717) is 0 Å². The van der Waals surface area contributed by atoms with Gasteiger partial charge in [-0.3, -0.25) is 0 Å².